The van der Waals surface area contributed by atoms with E-state index in [0.29, 0.717) is 0 Å². The van der Waals surface area contributed by atoms with Crippen LogP contribution in [-0.2, 0) is 0 Å². The summed E-state index contributed by atoms with van der Waals surface area (Å²) in [6, 6.07) is 14.5. The Kier molecular flexibility index (Phi) is 4.56. The van der Waals surface area contributed by atoms with Crippen LogP contribution in [0.4, 0.5) is 0 Å². The highest BCUT2D eigenvalue weighted by Gasteiger charge is 2.21. The van der Waals surface area contributed by atoms with E-state index in [1.807, 2.05) is 36.4 Å². The predicted octanol–water partition coefficient (Wildman–Crippen LogP) is 4.34. The number of methoxy groups -OCH3 is 1. The molecule has 0 radical (unpaired) electrons. The van der Waals surface area contributed by atoms with E-state index in [4.69, 9.17) is 27.9 Å². The summed E-state index contributed by atoms with van der Waals surface area (Å²) in [7, 11) is 1.62. The van der Waals surface area contributed by atoms with Crippen LogP contribution >= 0.6 is 23.2 Å². The minimum absolute atomic E-state index is 0.144. The minimum Gasteiger partial charge on any atom is -0.508 e. The van der Waals surface area contributed by atoms with Gasteiger partial charge in [-0.3, -0.25) is 0 Å². The van der Waals surface area contributed by atoms with Gasteiger partial charge in [0.2, 0.25) is 0 Å². The van der Waals surface area contributed by atoms with Gasteiger partial charge in [-0.05, 0) is 35.4 Å². The Hall–Kier alpha value is -1.38. The zero-order valence-electron chi connectivity index (χ0n) is 10.4. The highest BCUT2D eigenvalue weighted by Crippen LogP contribution is 2.34. The number of aromatic hydroxyl groups is 1. The van der Waals surface area contributed by atoms with Gasteiger partial charge in [0.1, 0.15) is 16.3 Å². The Balaban J connectivity index is 2.36. The molecule has 1 unspecified atom stereocenters. The van der Waals surface area contributed by atoms with Crippen LogP contribution in [0.1, 0.15) is 17.0 Å². The predicted molar refractivity (Wildman–Crippen MR) is 78.4 cm³/mol. The van der Waals surface area contributed by atoms with Gasteiger partial charge in [-0.25, -0.2) is 0 Å². The molecule has 0 fully saturated rings. The Morgan fingerprint density at radius 3 is 1.79 bits per heavy atom. The van der Waals surface area contributed by atoms with Gasteiger partial charge >= 0.3 is 0 Å². The summed E-state index contributed by atoms with van der Waals surface area (Å²) in [4.78, 5) is -0.571. The molecule has 0 aliphatic carbocycles. The van der Waals surface area contributed by atoms with Crippen molar-refractivity contribution in [1.82, 2.24) is 0 Å². The molecule has 4 heteroatoms. The summed E-state index contributed by atoms with van der Waals surface area (Å²) < 4.78 is 5.13. The Morgan fingerprint density at radius 2 is 1.37 bits per heavy atom. The first-order valence-corrected chi connectivity index (χ1v) is 6.70. The molecule has 0 aliphatic rings. The van der Waals surface area contributed by atoms with Crippen molar-refractivity contribution in [1.29, 1.82) is 0 Å². The van der Waals surface area contributed by atoms with E-state index in [-0.39, 0.29) is 11.7 Å². The molecule has 0 aliphatic heterocycles. The van der Waals surface area contributed by atoms with Gasteiger partial charge in [0, 0.05) is 5.92 Å². The zero-order chi connectivity index (χ0) is 13.8. The second kappa shape index (κ2) is 6.18. The van der Waals surface area contributed by atoms with Crippen molar-refractivity contribution >= 4 is 23.2 Å². The fourth-order valence-electron chi connectivity index (χ4n) is 1.98. The summed E-state index contributed by atoms with van der Waals surface area (Å²) in [5.41, 5.74) is 1.96. The van der Waals surface area contributed by atoms with Crippen LogP contribution in [0.15, 0.2) is 48.5 Å². The molecule has 0 spiro atoms. The molecular formula is C15H14Cl2O2. The number of rotatable bonds is 4. The first-order chi connectivity index (χ1) is 9.11. The van der Waals surface area contributed by atoms with Crippen molar-refractivity contribution in [3.63, 3.8) is 0 Å². The van der Waals surface area contributed by atoms with Gasteiger partial charge in [0.15, 0.2) is 0 Å². The maximum Gasteiger partial charge on any atom is 0.118 e. The molecule has 2 aromatic rings. The van der Waals surface area contributed by atoms with Crippen molar-refractivity contribution < 1.29 is 9.84 Å². The zero-order valence-corrected chi connectivity index (χ0v) is 11.9. The summed E-state index contributed by atoms with van der Waals surface area (Å²) >= 11 is 12.2. The molecule has 0 bridgehead atoms. The van der Waals surface area contributed by atoms with Gasteiger partial charge < -0.3 is 9.84 Å². The lowest BCUT2D eigenvalue weighted by molar-refractivity contribution is 0.414. The third-order valence-electron chi connectivity index (χ3n) is 2.98. The highest BCUT2D eigenvalue weighted by atomic mass is 35.5. The van der Waals surface area contributed by atoms with Gasteiger partial charge in [-0.15, -0.1) is 23.2 Å². The third kappa shape index (κ3) is 3.34. The quantitative estimate of drug-likeness (QED) is 0.851. The first-order valence-electron chi connectivity index (χ1n) is 5.83. The van der Waals surface area contributed by atoms with E-state index in [1.54, 1.807) is 19.2 Å². The van der Waals surface area contributed by atoms with Gasteiger partial charge in [-0.2, -0.15) is 0 Å². The van der Waals surface area contributed by atoms with Crippen LogP contribution < -0.4 is 4.74 Å². The Labute approximate surface area is 122 Å². The first kappa shape index (κ1) is 14.0. The number of phenols is 1. The minimum atomic E-state index is -0.571. The van der Waals surface area contributed by atoms with Crippen LogP contribution in [0.25, 0.3) is 0 Å². The third-order valence-corrected chi connectivity index (χ3v) is 3.48. The van der Waals surface area contributed by atoms with E-state index in [9.17, 15) is 5.11 Å². The summed E-state index contributed by atoms with van der Waals surface area (Å²) in [5, 5.41) is 9.33. The molecule has 19 heavy (non-hydrogen) atoms. The second-order valence-corrected chi connectivity index (χ2v) is 5.34. The molecule has 2 aromatic carbocycles. The number of phenolic OH excluding ortho intramolecular Hbond substituents is 1. The smallest absolute Gasteiger partial charge is 0.118 e. The number of benzene rings is 2. The number of alkyl halides is 2. The summed E-state index contributed by atoms with van der Waals surface area (Å²) in [6.45, 7) is 0. The Morgan fingerprint density at radius 1 is 0.895 bits per heavy atom. The molecule has 1 N–H and O–H groups in total. The monoisotopic (exact) mass is 296 g/mol. The van der Waals surface area contributed by atoms with Crippen LogP contribution in [0.3, 0.4) is 0 Å². The average Bonchev–Trinajstić information content (AvgIpc) is 2.42. The van der Waals surface area contributed by atoms with E-state index < -0.39 is 4.84 Å². The molecule has 1 atom stereocenters. The lowest BCUT2D eigenvalue weighted by Gasteiger charge is -2.19. The molecule has 0 saturated carbocycles. The molecule has 0 aromatic heterocycles. The molecule has 0 amide bonds. The average molecular weight is 297 g/mol. The van der Waals surface area contributed by atoms with E-state index in [0.717, 1.165) is 16.9 Å². The fourth-order valence-corrected chi connectivity index (χ4v) is 2.56. The van der Waals surface area contributed by atoms with E-state index in [2.05, 4.69) is 0 Å². The second-order valence-electron chi connectivity index (χ2n) is 4.18. The van der Waals surface area contributed by atoms with Crippen LogP contribution in [0.5, 0.6) is 11.5 Å². The number of ether oxygens (including phenoxy) is 1. The summed E-state index contributed by atoms with van der Waals surface area (Å²) in [5.74, 6) is 0.863. The van der Waals surface area contributed by atoms with Crippen molar-refractivity contribution in [2.75, 3.05) is 7.11 Å². The largest absolute Gasteiger partial charge is 0.508 e. The van der Waals surface area contributed by atoms with Gasteiger partial charge in [0.05, 0.1) is 7.11 Å². The summed E-state index contributed by atoms with van der Waals surface area (Å²) in [6.07, 6.45) is 0. The lowest BCUT2D eigenvalue weighted by atomic mass is 9.92. The van der Waals surface area contributed by atoms with Crippen LogP contribution in [-0.4, -0.2) is 17.1 Å². The van der Waals surface area contributed by atoms with Crippen molar-refractivity contribution in [3.05, 3.63) is 59.7 Å². The highest BCUT2D eigenvalue weighted by molar-refractivity contribution is 6.45. The van der Waals surface area contributed by atoms with Crippen LogP contribution in [0, 0.1) is 0 Å². The van der Waals surface area contributed by atoms with Gasteiger partial charge in [0.25, 0.3) is 0 Å². The molecule has 0 saturated heterocycles. The number of hydrogen-bond donors (Lipinski definition) is 1. The standard InChI is InChI=1S/C15H14Cl2O2/c1-19-13-8-4-11(5-9-13)14(15(16)17)10-2-6-12(18)7-3-10/h2-9,14-15,18H,1H3. The normalized spacial score (nSPS) is 12.4. The number of hydrogen-bond acceptors (Lipinski definition) is 2. The fraction of sp³-hybridized carbons (Fsp3) is 0.200. The van der Waals surface area contributed by atoms with Gasteiger partial charge in [-0.1, -0.05) is 24.3 Å². The lowest BCUT2D eigenvalue weighted by Crippen LogP contribution is -2.09. The van der Waals surface area contributed by atoms with Crippen molar-refractivity contribution in [2.45, 2.75) is 10.8 Å². The molecule has 2 rings (SSSR count). The molecule has 0 heterocycles. The Bertz CT molecular complexity index is 521. The van der Waals surface area contributed by atoms with Crippen molar-refractivity contribution in [2.24, 2.45) is 0 Å². The molecule has 2 nitrogen and oxygen atoms in total. The maximum absolute atomic E-state index is 9.33. The maximum atomic E-state index is 9.33. The van der Waals surface area contributed by atoms with E-state index >= 15 is 0 Å². The SMILES string of the molecule is COc1ccc(C(c2ccc(O)cc2)C(Cl)Cl)cc1. The molecule has 100 valence electrons. The molecular weight excluding hydrogens is 283 g/mol. The van der Waals surface area contributed by atoms with E-state index in [1.165, 1.54) is 0 Å². The number of halogens is 2. The van der Waals surface area contributed by atoms with Crippen molar-refractivity contribution in [3.8, 4) is 11.5 Å². The topological polar surface area (TPSA) is 29.5 Å². The van der Waals surface area contributed by atoms with Crippen LogP contribution in [0.2, 0.25) is 0 Å².